The van der Waals surface area contributed by atoms with Crippen LogP contribution in [0.15, 0.2) is 53.7 Å². The Bertz CT molecular complexity index is 1130. The van der Waals surface area contributed by atoms with Crippen LogP contribution in [0.2, 0.25) is 5.02 Å². The monoisotopic (exact) mass is 324 g/mol. The Hall–Kier alpha value is -2.99. The van der Waals surface area contributed by atoms with E-state index in [0.717, 1.165) is 15.6 Å². The number of aromatic nitrogens is 4. The van der Waals surface area contributed by atoms with Crippen LogP contribution in [0.5, 0.6) is 0 Å². The smallest absolute Gasteiger partial charge is 0.297 e. The summed E-state index contributed by atoms with van der Waals surface area (Å²) in [6, 6.07) is 10.9. The van der Waals surface area contributed by atoms with E-state index in [1.165, 1.54) is 18.6 Å². The highest BCUT2D eigenvalue weighted by atomic mass is 35.5. The molecule has 0 radical (unpaired) electrons. The SMILES string of the molecule is O=Cc1c(Cl)ccnc1-n1ncn2c(cc3ccccc32)c1=O. The molecular formula is C16H9ClN4O2. The number of para-hydroxylation sites is 1. The van der Waals surface area contributed by atoms with Crippen molar-refractivity contribution in [2.24, 2.45) is 0 Å². The fourth-order valence-corrected chi connectivity index (χ4v) is 2.78. The number of benzene rings is 1. The molecule has 6 nitrogen and oxygen atoms in total. The van der Waals surface area contributed by atoms with Gasteiger partial charge in [0.15, 0.2) is 12.1 Å². The summed E-state index contributed by atoms with van der Waals surface area (Å²) >= 11 is 5.99. The van der Waals surface area contributed by atoms with Crippen LogP contribution in [0.25, 0.3) is 22.2 Å². The second kappa shape index (κ2) is 5.03. The van der Waals surface area contributed by atoms with Crippen LogP contribution in [0.1, 0.15) is 10.4 Å². The maximum absolute atomic E-state index is 12.8. The third kappa shape index (κ3) is 1.96. The molecule has 0 aliphatic rings. The highest BCUT2D eigenvalue weighted by molar-refractivity contribution is 6.33. The molecular weight excluding hydrogens is 316 g/mol. The van der Waals surface area contributed by atoms with Crippen molar-refractivity contribution in [3.63, 3.8) is 0 Å². The molecule has 1 aromatic carbocycles. The lowest BCUT2D eigenvalue weighted by molar-refractivity contribution is 0.112. The standard InChI is InChI=1S/C16H9ClN4O2/c17-12-5-6-18-15(11(12)8-22)21-16(23)14-7-10-3-1-2-4-13(10)20(14)9-19-21/h1-9H. The van der Waals surface area contributed by atoms with Gasteiger partial charge in [-0.1, -0.05) is 29.8 Å². The number of hydrogen-bond acceptors (Lipinski definition) is 4. The summed E-state index contributed by atoms with van der Waals surface area (Å²) in [5.41, 5.74) is 1.08. The average Bonchev–Trinajstić information content (AvgIpc) is 2.95. The van der Waals surface area contributed by atoms with Gasteiger partial charge in [0.25, 0.3) is 5.56 Å². The summed E-state index contributed by atoms with van der Waals surface area (Å²) in [5, 5.41) is 5.29. The molecule has 4 aromatic rings. The van der Waals surface area contributed by atoms with Crippen LogP contribution >= 0.6 is 11.6 Å². The van der Waals surface area contributed by atoms with Crippen molar-refractivity contribution in [1.82, 2.24) is 19.2 Å². The van der Waals surface area contributed by atoms with Crippen molar-refractivity contribution < 1.29 is 4.79 Å². The molecule has 0 amide bonds. The molecule has 0 N–H and O–H groups in total. The predicted molar refractivity (Wildman–Crippen MR) is 86.5 cm³/mol. The van der Waals surface area contributed by atoms with Crippen molar-refractivity contribution in [3.05, 3.63) is 69.9 Å². The van der Waals surface area contributed by atoms with E-state index < -0.39 is 0 Å². The normalized spacial score (nSPS) is 11.2. The highest BCUT2D eigenvalue weighted by Crippen LogP contribution is 2.20. The minimum atomic E-state index is -0.374. The Morgan fingerprint density at radius 3 is 2.78 bits per heavy atom. The zero-order valence-corrected chi connectivity index (χ0v) is 12.4. The van der Waals surface area contributed by atoms with E-state index in [9.17, 15) is 9.59 Å². The molecule has 4 rings (SSSR count). The molecule has 23 heavy (non-hydrogen) atoms. The lowest BCUT2D eigenvalue weighted by Gasteiger charge is -2.07. The van der Waals surface area contributed by atoms with Gasteiger partial charge in [-0.25, -0.2) is 4.98 Å². The summed E-state index contributed by atoms with van der Waals surface area (Å²) < 4.78 is 2.79. The lowest BCUT2D eigenvalue weighted by atomic mass is 10.2. The van der Waals surface area contributed by atoms with Gasteiger partial charge in [0.1, 0.15) is 11.8 Å². The second-order valence-corrected chi connectivity index (χ2v) is 5.36. The molecule has 0 fully saturated rings. The maximum Gasteiger partial charge on any atom is 0.297 e. The Kier molecular flexibility index (Phi) is 2.99. The van der Waals surface area contributed by atoms with Gasteiger partial charge in [0, 0.05) is 11.6 Å². The number of fused-ring (bicyclic) bond motifs is 3. The first-order valence-corrected chi connectivity index (χ1v) is 7.16. The first kappa shape index (κ1) is 13.7. The number of nitrogens with zero attached hydrogens (tertiary/aromatic N) is 4. The van der Waals surface area contributed by atoms with Gasteiger partial charge >= 0.3 is 0 Å². The third-order valence-electron chi connectivity index (χ3n) is 3.68. The topological polar surface area (TPSA) is 69.3 Å². The lowest BCUT2D eigenvalue weighted by Crippen LogP contribution is -2.24. The molecule has 0 bridgehead atoms. The Labute approximate surface area is 134 Å². The quantitative estimate of drug-likeness (QED) is 0.531. The van der Waals surface area contributed by atoms with E-state index in [4.69, 9.17) is 11.6 Å². The molecule has 0 aliphatic carbocycles. The Morgan fingerprint density at radius 2 is 1.96 bits per heavy atom. The highest BCUT2D eigenvalue weighted by Gasteiger charge is 2.15. The molecule has 0 aliphatic heterocycles. The predicted octanol–water partition coefficient (Wildman–Crippen LogP) is 2.50. The zero-order valence-electron chi connectivity index (χ0n) is 11.7. The molecule has 3 heterocycles. The van der Waals surface area contributed by atoms with E-state index in [2.05, 4.69) is 10.1 Å². The Balaban J connectivity index is 2.09. The first-order chi connectivity index (χ1) is 11.2. The van der Waals surface area contributed by atoms with E-state index in [0.29, 0.717) is 11.8 Å². The van der Waals surface area contributed by atoms with Crippen LogP contribution in [0, 0.1) is 0 Å². The summed E-state index contributed by atoms with van der Waals surface area (Å²) in [6.45, 7) is 0. The van der Waals surface area contributed by atoms with E-state index >= 15 is 0 Å². The molecule has 0 saturated heterocycles. The summed E-state index contributed by atoms with van der Waals surface area (Å²) in [5.74, 6) is 0.116. The summed E-state index contributed by atoms with van der Waals surface area (Å²) in [7, 11) is 0. The van der Waals surface area contributed by atoms with Crippen molar-refractivity contribution >= 4 is 34.3 Å². The van der Waals surface area contributed by atoms with Crippen molar-refractivity contribution in [2.75, 3.05) is 0 Å². The van der Waals surface area contributed by atoms with E-state index in [1.807, 2.05) is 24.3 Å². The van der Waals surface area contributed by atoms with Gasteiger partial charge in [-0.15, -0.1) is 0 Å². The number of hydrogen-bond donors (Lipinski definition) is 0. The van der Waals surface area contributed by atoms with Gasteiger partial charge in [0.05, 0.1) is 16.1 Å². The minimum Gasteiger partial charge on any atom is -0.298 e. The van der Waals surface area contributed by atoms with E-state index in [-0.39, 0.29) is 22.0 Å². The van der Waals surface area contributed by atoms with Crippen LogP contribution in [0.4, 0.5) is 0 Å². The fraction of sp³-hybridized carbons (Fsp3) is 0. The average molecular weight is 325 g/mol. The minimum absolute atomic E-state index is 0.116. The van der Waals surface area contributed by atoms with Gasteiger partial charge in [0.2, 0.25) is 0 Å². The van der Waals surface area contributed by atoms with Crippen LogP contribution < -0.4 is 5.56 Å². The van der Waals surface area contributed by atoms with Crippen LogP contribution in [-0.4, -0.2) is 25.5 Å². The van der Waals surface area contributed by atoms with E-state index in [1.54, 1.807) is 10.5 Å². The van der Waals surface area contributed by atoms with Gasteiger partial charge in [-0.05, 0) is 18.2 Å². The number of carbonyl (C=O) groups excluding carboxylic acids is 1. The molecule has 7 heteroatoms. The third-order valence-corrected chi connectivity index (χ3v) is 4.01. The zero-order chi connectivity index (χ0) is 16.0. The number of rotatable bonds is 2. The first-order valence-electron chi connectivity index (χ1n) is 6.79. The molecule has 0 atom stereocenters. The Morgan fingerprint density at radius 1 is 1.13 bits per heavy atom. The van der Waals surface area contributed by atoms with Crippen LogP contribution in [-0.2, 0) is 0 Å². The van der Waals surface area contributed by atoms with Crippen molar-refractivity contribution in [3.8, 4) is 5.82 Å². The van der Waals surface area contributed by atoms with Gasteiger partial charge in [-0.2, -0.15) is 9.78 Å². The van der Waals surface area contributed by atoms with Crippen molar-refractivity contribution in [1.29, 1.82) is 0 Å². The molecule has 0 saturated carbocycles. The molecule has 0 spiro atoms. The maximum atomic E-state index is 12.8. The fourth-order valence-electron chi connectivity index (χ4n) is 2.60. The molecule has 112 valence electrons. The van der Waals surface area contributed by atoms with Crippen LogP contribution in [0.3, 0.4) is 0 Å². The molecule has 3 aromatic heterocycles. The second-order valence-electron chi connectivity index (χ2n) is 4.95. The largest absolute Gasteiger partial charge is 0.298 e. The number of carbonyl (C=O) groups is 1. The number of aldehydes is 1. The summed E-state index contributed by atoms with van der Waals surface area (Å²) in [6.07, 6.45) is 3.52. The summed E-state index contributed by atoms with van der Waals surface area (Å²) in [4.78, 5) is 28.1. The molecule has 0 unspecified atom stereocenters. The van der Waals surface area contributed by atoms with Gasteiger partial charge < -0.3 is 0 Å². The van der Waals surface area contributed by atoms with Gasteiger partial charge in [-0.3, -0.25) is 14.0 Å². The van der Waals surface area contributed by atoms with Crippen molar-refractivity contribution in [2.45, 2.75) is 0 Å². The number of halogens is 1. The number of pyridine rings is 1.